The van der Waals surface area contributed by atoms with Crippen molar-refractivity contribution in [3.8, 4) is 0 Å². The molecule has 1 aliphatic carbocycles. The number of nitrogens with zero attached hydrogens (tertiary/aromatic N) is 1. The van der Waals surface area contributed by atoms with E-state index in [1.807, 2.05) is 29.2 Å². The second-order valence-electron chi connectivity index (χ2n) is 6.86. The number of likely N-dealkylation sites (tertiary alicyclic amines) is 1. The van der Waals surface area contributed by atoms with Crippen molar-refractivity contribution in [2.24, 2.45) is 5.92 Å². The first-order valence-corrected chi connectivity index (χ1v) is 9.07. The molecule has 2 aliphatic rings. The Balaban J connectivity index is 1.58. The minimum Gasteiger partial charge on any atom is -0.339 e. The second-order valence-corrected chi connectivity index (χ2v) is 6.86. The molecule has 5 nitrogen and oxygen atoms in total. The highest BCUT2D eigenvalue weighted by Gasteiger charge is 2.38. The van der Waals surface area contributed by atoms with Crippen molar-refractivity contribution in [3.63, 3.8) is 0 Å². The third-order valence-electron chi connectivity index (χ3n) is 5.07. The predicted octanol–water partition coefficient (Wildman–Crippen LogP) is 2.53. The summed E-state index contributed by atoms with van der Waals surface area (Å²) in [6, 6.07) is 8.25. The van der Waals surface area contributed by atoms with E-state index in [4.69, 9.17) is 0 Å². The number of amides is 2. The van der Waals surface area contributed by atoms with Crippen LogP contribution in [-0.4, -0.2) is 35.8 Å². The summed E-state index contributed by atoms with van der Waals surface area (Å²) in [5.74, 6) is -0.122. The van der Waals surface area contributed by atoms with E-state index in [1.54, 1.807) is 0 Å². The van der Waals surface area contributed by atoms with Crippen LogP contribution in [0, 0.1) is 5.92 Å². The van der Waals surface area contributed by atoms with E-state index in [2.05, 4.69) is 17.6 Å². The Kier molecular flexibility index (Phi) is 5.51. The first-order chi connectivity index (χ1) is 11.7. The number of hydrogen-bond acceptors (Lipinski definition) is 3. The van der Waals surface area contributed by atoms with Crippen LogP contribution in [0.2, 0.25) is 0 Å². The van der Waals surface area contributed by atoms with Gasteiger partial charge in [0.25, 0.3) is 0 Å². The molecule has 0 aromatic heterocycles. The topological polar surface area (TPSA) is 61.4 Å². The molecule has 3 rings (SSSR count). The maximum absolute atomic E-state index is 12.5. The van der Waals surface area contributed by atoms with Gasteiger partial charge in [-0.05, 0) is 37.1 Å². The van der Waals surface area contributed by atoms with Crippen LogP contribution in [0.5, 0.6) is 0 Å². The summed E-state index contributed by atoms with van der Waals surface area (Å²) in [5, 5.41) is 6.27. The van der Waals surface area contributed by atoms with Crippen LogP contribution < -0.4 is 10.6 Å². The molecule has 0 radical (unpaired) electrons. The molecule has 1 aromatic rings. The Morgan fingerprint density at radius 1 is 1.29 bits per heavy atom. The monoisotopic (exact) mass is 329 g/mol. The van der Waals surface area contributed by atoms with Gasteiger partial charge in [-0.1, -0.05) is 31.9 Å². The minimum absolute atomic E-state index is 0.0375. The molecule has 0 spiro atoms. The van der Waals surface area contributed by atoms with Gasteiger partial charge in [0.1, 0.15) is 0 Å². The van der Waals surface area contributed by atoms with Gasteiger partial charge in [-0.2, -0.15) is 0 Å². The maximum atomic E-state index is 12.5. The molecule has 2 N–H and O–H groups in total. The van der Waals surface area contributed by atoms with Crippen LogP contribution in [0.25, 0.3) is 0 Å². The highest BCUT2D eigenvalue weighted by atomic mass is 16.2. The van der Waals surface area contributed by atoms with Crippen molar-refractivity contribution < 1.29 is 9.59 Å². The summed E-state index contributed by atoms with van der Waals surface area (Å²) in [5.41, 5.74) is 1.95. The van der Waals surface area contributed by atoms with Crippen LogP contribution >= 0.6 is 0 Å². The standard InChI is InChI=1S/C19H27N3O2/c1-2-20-12-14-6-5-7-16(10-14)21-19(24)15-11-18(23)22(13-15)17-8-3-4-9-17/h5-7,10,15,17,20H,2-4,8-9,11-13H2,1H3,(H,21,24). The van der Waals surface area contributed by atoms with Crippen molar-refractivity contribution >= 4 is 17.5 Å². The number of benzene rings is 1. The van der Waals surface area contributed by atoms with Crippen molar-refractivity contribution in [3.05, 3.63) is 29.8 Å². The van der Waals surface area contributed by atoms with Gasteiger partial charge in [-0.25, -0.2) is 0 Å². The summed E-state index contributed by atoms with van der Waals surface area (Å²) in [7, 11) is 0. The number of rotatable bonds is 6. The number of nitrogens with one attached hydrogen (secondary N) is 2. The lowest BCUT2D eigenvalue weighted by atomic mass is 10.1. The van der Waals surface area contributed by atoms with Crippen LogP contribution in [0.4, 0.5) is 5.69 Å². The molecule has 0 bridgehead atoms. The fourth-order valence-electron chi connectivity index (χ4n) is 3.75. The first-order valence-electron chi connectivity index (χ1n) is 9.07. The Morgan fingerprint density at radius 3 is 2.83 bits per heavy atom. The van der Waals surface area contributed by atoms with E-state index in [1.165, 1.54) is 12.8 Å². The first kappa shape index (κ1) is 17.0. The van der Waals surface area contributed by atoms with E-state index in [0.29, 0.717) is 19.0 Å². The van der Waals surface area contributed by atoms with E-state index < -0.39 is 0 Å². The molecule has 1 atom stereocenters. The van der Waals surface area contributed by atoms with E-state index in [0.717, 1.165) is 37.2 Å². The zero-order valence-electron chi connectivity index (χ0n) is 14.4. The molecule has 1 saturated carbocycles. The van der Waals surface area contributed by atoms with Crippen LogP contribution in [0.3, 0.4) is 0 Å². The second kappa shape index (κ2) is 7.79. The molecule has 2 fully saturated rings. The lowest BCUT2D eigenvalue weighted by Crippen LogP contribution is -2.35. The molecule has 1 saturated heterocycles. The summed E-state index contributed by atoms with van der Waals surface area (Å²) in [6.07, 6.45) is 4.92. The minimum atomic E-state index is -0.226. The molecule has 2 amide bonds. The number of anilines is 1. The Hall–Kier alpha value is -1.88. The van der Waals surface area contributed by atoms with E-state index in [9.17, 15) is 9.59 Å². The smallest absolute Gasteiger partial charge is 0.229 e. The van der Waals surface area contributed by atoms with Gasteiger partial charge >= 0.3 is 0 Å². The average Bonchev–Trinajstić information content (AvgIpc) is 3.22. The molecular weight excluding hydrogens is 302 g/mol. The summed E-state index contributed by atoms with van der Waals surface area (Å²) < 4.78 is 0. The van der Waals surface area contributed by atoms with Crippen molar-refractivity contribution in [2.75, 3.05) is 18.4 Å². The number of carbonyl (C=O) groups is 2. The van der Waals surface area contributed by atoms with Crippen molar-refractivity contribution in [2.45, 2.75) is 51.6 Å². The summed E-state index contributed by atoms with van der Waals surface area (Å²) in [6.45, 7) is 4.35. The van der Waals surface area contributed by atoms with Gasteiger partial charge in [0, 0.05) is 31.2 Å². The maximum Gasteiger partial charge on any atom is 0.229 e. The van der Waals surface area contributed by atoms with E-state index in [-0.39, 0.29) is 17.7 Å². The highest BCUT2D eigenvalue weighted by Crippen LogP contribution is 2.30. The molecule has 1 aliphatic heterocycles. The van der Waals surface area contributed by atoms with Gasteiger partial charge in [0.05, 0.1) is 5.92 Å². The van der Waals surface area contributed by atoms with E-state index >= 15 is 0 Å². The quantitative estimate of drug-likeness (QED) is 0.843. The predicted molar refractivity (Wildman–Crippen MR) is 94.5 cm³/mol. The van der Waals surface area contributed by atoms with Crippen LogP contribution in [-0.2, 0) is 16.1 Å². The molecule has 1 unspecified atom stereocenters. The molecule has 24 heavy (non-hydrogen) atoms. The lowest BCUT2D eigenvalue weighted by molar-refractivity contribution is -0.129. The van der Waals surface area contributed by atoms with Crippen molar-refractivity contribution in [1.29, 1.82) is 0 Å². The van der Waals surface area contributed by atoms with Gasteiger partial charge in [0.2, 0.25) is 11.8 Å². The Morgan fingerprint density at radius 2 is 2.08 bits per heavy atom. The fraction of sp³-hybridized carbons (Fsp3) is 0.579. The summed E-state index contributed by atoms with van der Waals surface area (Å²) >= 11 is 0. The zero-order chi connectivity index (χ0) is 16.9. The Bertz CT molecular complexity index is 596. The highest BCUT2D eigenvalue weighted by molar-refractivity contribution is 5.97. The fourth-order valence-corrected chi connectivity index (χ4v) is 3.75. The van der Waals surface area contributed by atoms with Gasteiger partial charge in [-0.3, -0.25) is 9.59 Å². The normalized spacial score (nSPS) is 21.5. The van der Waals surface area contributed by atoms with Gasteiger partial charge < -0.3 is 15.5 Å². The third-order valence-corrected chi connectivity index (χ3v) is 5.07. The lowest BCUT2D eigenvalue weighted by Gasteiger charge is -2.23. The molecule has 130 valence electrons. The largest absolute Gasteiger partial charge is 0.339 e. The Labute approximate surface area is 143 Å². The van der Waals surface area contributed by atoms with Gasteiger partial charge in [-0.15, -0.1) is 0 Å². The molecular formula is C19H27N3O2. The summed E-state index contributed by atoms with van der Waals surface area (Å²) in [4.78, 5) is 26.7. The SMILES string of the molecule is CCNCc1cccc(NC(=O)C2CC(=O)N(C3CCCC3)C2)c1. The van der Waals surface area contributed by atoms with Crippen LogP contribution in [0.1, 0.15) is 44.6 Å². The average molecular weight is 329 g/mol. The van der Waals surface area contributed by atoms with Crippen LogP contribution in [0.15, 0.2) is 24.3 Å². The molecule has 5 heteroatoms. The third kappa shape index (κ3) is 3.96. The van der Waals surface area contributed by atoms with Crippen molar-refractivity contribution in [1.82, 2.24) is 10.2 Å². The van der Waals surface area contributed by atoms with Gasteiger partial charge in [0.15, 0.2) is 0 Å². The molecule has 1 aromatic carbocycles. The number of hydrogen-bond donors (Lipinski definition) is 2. The zero-order valence-corrected chi connectivity index (χ0v) is 14.4. The molecule has 1 heterocycles. The number of carbonyl (C=O) groups excluding carboxylic acids is 2.